The summed E-state index contributed by atoms with van der Waals surface area (Å²) in [4.78, 5) is 0. The van der Waals surface area contributed by atoms with Crippen molar-refractivity contribution in [3.05, 3.63) is 0 Å². The maximum absolute atomic E-state index is 5.41. The highest BCUT2D eigenvalue weighted by atomic mass is 16.5. The summed E-state index contributed by atoms with van der Waals surface area (Å²) in [5.41, 5.74) is 0.474. The average Bonchev–Trinajstić information content (AvgIpc) is 2.78. The zero-order valence-corrected chi connectivity index (χ0v) is 10.6. The van der Waals surface area contributed by atoms with E-state index in [0.29, 0.717) is 5.41 Å². The van der Waals surface area contributed by atoms with Gasteiger partial charge in [-0.1, -0.05) is 6.92 Å². The highest BCUT2D eigenvalue weighted by molar-refractivity contribution is 4.80. The molecular formula is C13H26N2O. The summed E-state index contributed by atoms with van der Waals surface area (Å²) >= 11 is 0. The third kappa shape index (κ3) is 3.72. The van der Waals surface area contributed by atoms with E-state index in [4.69, 9.17) is 4.74 Å². The number of rotatable bonds is 5. The van der Waals surface area contributed by atoms with Crippen molar-refractivity contribution in [2.75, 3.05) is 32.8 Å². The van der Waals surface area contributed by atoms with Crippen LogP contribution < -0.4 is 10.6 Å². The molecule has 0 bridgehead atoms. The van der Waals surface area contributed by atoms with E-state index in [9.17, 15) is 0 Å². The molecule has 0 aromatic heterocycles. The lowest BCUT2D eigenvalue weighted by molar-refractivity contribution is 0.0241. The Kier molecular flexibility index (Phi) is 4.62. The van der Waals surface area contributed by atoms with E-state index in [1.807, 2.05) is 0 Å². The monoisotopic (exact) mass is 226 g/mol. The van der Waals surface area contributed by atoms with E-state index >= 15 is 0 Å². The van der Waals surface area contributed by atoms with Crippen LogP contribution in [0.5, 0.6) is 0 Å². The van der Waals surface area contributed by atoms with Crippen LogP contribution in [-0.4, -0.2) is 38.9 Å². The van der Waals surface area contributed by atoms with Gasteiger partial charge < -0.3 is 15.4 Å². The number of nitrogens with one attached hydrogen (secondary N) is 2. The summed E-state index contributed by atoms with van der Waals surface area (Å²) in [6, 6.07) is 0.773. The van der Waals surface area contributed by atoms with Gasteiger partial charge in [0.2, 0.25) is 0 Å². The lowest BCUT2D eigenvalue weighted by Crippen LogP contribution is -2.38. The van der Waals surface area contributed by atoms with E-state index < -0.39 is 0 Å². The molecule has 2 fully saturated rings. The molecule has 1 atom stereocenters. The quantitative estimate of drug-likeness (QED) is 0.698. The number of ether oxygens (including phenoxy) is 1. The molecule has 3 nitrogen and oxygen atoms in total. The van der Waals surface area contributed by atoms with Gasteiger partial charge in [-0.3, -0.25) is 0 Å². The van der Waals surface area contributed by atoms with Crippen LogP contribution in [0.3, 0.4) is 0 Å². The molecule has 2 aliphatic heterocycles. The van der Waals surface area contributed by atoms with Gasteiger partial charge >= 0.3 is 0 Å². The predicted octanol–water partition coefficient (Wildman–Crippen LogP) is 1.53. The van der Waals surface area contributed by atoms with Crippen LogP contribution in [-0.2, 0) is 4.74 Å². The molecule has 94 valence electrons. The van der Waals surface area contributed by atoms with Gasteiger partial charge in [-0.15, -0.1) is 0 Å². The molecule has 16 heavy (non-hydrogen) atoms. The molecule has 0 aromatic carbocycles. The second-order valence-electron chi connectivity index (χ2n) is 5.68. The first-order valence-electron chi connectivity index (χ1n) is 6.80. The normalized spacial score (nSPS) is 29.4. The van der Waals surface area contributed by atoms with Gasteiger partial charge in [0.15, 0.2) is 0 Å². The lowest BCUT2D eigenvalue weighted by atomic mass is 9.82. The SMILES string of the molecule is CC1(CNCCC2CCCN2)CCOCC1. The van der Waals surface area contributed by atoms with E-state index in [0.717, 1.165) is 32.3 Å². The van der Waals surface area contributed by atoms with Crippen molar-refractivity contribution in [3.63, 3.8) is 0 Å². The van der Waals surface area contributed by atoms with E-state index in [1.54, 1.807) is 0 Å². The predicted molar refractivity (Wildman–Crippen MR) is 66.7 cm³/mol. The minimum Gasteiger partial charge on any atom is -0.381 e. The van der Waals surface area contributed by atoms with Crippen LogP contribution in [0, 0.1) is 5.41 Å². The fourth-order valence-corrected chi connectivity index (χ4v) is 2.71. The summed E-state index contributed by atoms with van der Waals surface area (Å²) in [6.07, 6.45) is 6.43. The van der Waals surface area contributed by atoms with Gasteiger partial charge in [-0.25, -0.2) is 0 Å². The van der Waals surface area contributed by atoms with E-state index in [1.165, 1.54) is 38.6 Å². The van der Waals surface area contributed by atoms with Gasteiger partial charge in [-0.05, 0) is 50.6 Å². The second-order valence-corrected chi connectivity index (χ2v) is 5.68. The Labute approximate surface area is 99.3 Å². The average molecular weight is 226 g/mol. The Balaban J connectivity index is 1.56. The molecule has 3 heteroatoms. The Bertz CT molecular complexity index is 196. The molecule has 2 N–H and O–H groups in total. The van der Waals surface area contributed by atoms with Crippen molar-refractivity contribution < 1.29 is 4.74 Å². The van der Waals surface area contributed by atoms with Gasteiger partial charge in [-0.2, -0.15) is 0 Å². The van der Waals surface area contributed by atoms with Crippen molar-refractivity contribution in [1.29, 1.82) is 0 Å². The maximum Gasteiger partial charge on any atom is 0.0471 e. The third-order valence-electron chi connectivity index (χ3n) is 4.08. The Morgan fingerprint density at radius 3 is 2.88 bits per heavy atom. The molecule has 0 radical (unpaired) electrons. The van der Waals surface area contributed by atoms with Gasteiger partial charge in [0.1, 0.15) is 0 Å². The molecule has 0 saturated carbocycles. The fraction of sp³-hybridized carbons (Fsp3) is 1.00. The Hall–Kier alpha value is -0.120. The Morgan fingerprint density at radius 2 is 2.19 bits per heavy atom. The highest BCUT2D eigenvalue weighted by Crippen LogP contribution is 2.28. The first-order valence-corrected chi connectivity index (χ1v) is 6.80. The molecule has 0 aromatic rings. The standard InChI is InChI=1S/C13H26N2O/c1-13(5-9-16-10-6-13)11-14-8-4-12-3-2-7-15-12/h12,14-15H,2-11H2,1H3. The largest absolute Gasteiger partial charge is 0.381 e. The zero-order chi connectivity index (χ0) is 11.3. The van der Waals surface area contributed by atoms with Crippen molar-refractivity contribution >= 4 is 0 Å². The van der Waals surface area contributed by atoms with Gasteiger partial charge in [0.25, 0.3) is 0 Å². The maximum atomic E-state index is 5.41. The number of hydrogen-bond acceptors (Lipinski definition) is 3. The topological polar surface area (TPSA) is 33.3 Å². The minimum absolute atomic E-state index is 0.474. The molecule has 2 rings (SSSR count). The molecule has 2 saturated heterocycles. The van der Waals surface area contributed by atoms with Crippen molar-refractivity contribution in [1.82, 2.24) is 10.6 Å². The molecular weight excluding hydrogens is 200 g/mol. The van der Waals surface area contributed by atoms with Crippen LogP contribution in [0.1, 0.15) is 39.0 Å². The van der Waals surface area contributed by atoms with Crippen LogP contribution in [0.25, 0.3) is 0 Å². The van der Waals surface area contributed by atoms with Gasteiger partial charge in [0.05, 0.1) is 0 Å². The van der Waals surface area contributed by atoms with E-state index in [-0.39, 0.29) is 0 Å². The zero-order valence-electron chi connectivity index (χ0n) is 10.6. The van der Waals surface area contributed by atoms with Crippen LogP contribution in [0.4, 0.5) is 0 Å². The van der Waals surface area contributed by atoms with Crippen LogP contribution in [0.15, 0.2) is 0 Å². The van der Waals surface area contributed by atoms with Crippen LogP contribution >= 0.6 is 0 Å². The summed E-state index contributed by atoms with van der Waals surface area (Å²) < 4.78 is 5.41. The van der Waals surface area contributed by atoms with Gasteiger partial charge in [0, 0.05) is 25.8 Å². The lowest BCUT2D eigenvalue weighted by Gasteiger charge is -2.33. The highest BCUT2D eigenvalue weighted by Gasteiger charge is 2.26. The summed E-state index contributed by atoms with van der Waals surface area (Å²) in [5, 5.41) is 7.17. The van der Waals surface area contributed by atoms with Crippen molar-refractivity contribution in [3.8, 4) is 0 Å². The second kappa shape index (κ2) is 5.99. The third-order valence-corrected chi connectivity index (χ3v) is 4.08. The first-order chi connectivity index (χ1) is 7.79. The summed E-state index contributed by atoms with van der Waals surface area (Å²) in [6.45, 7) is 7.82. The van der Waals surface area contributed by atoms with Crippen molar-refractivity contribution in [2.45, 2.75) is 45.1 Å². The molecule has 1 unspecified atom stereocenters. The summed E-state index contributed by atoms with van der Waals surface area (Å²) in [5.74, 6) is 0. The molecule has 2 aliphatic rings. The summed E-state index contributed by atoms with van der Waals surface area (Å²) in [7, 11) is 0. The fourth-order valence-electron chi connectivity index (χ4n) is 2.71. The smallest absolute Gasteiger partial charge is 0.0471 e. The Morgan fingerprint density at radius 1 is 1.38 bits per heavy atom. The molecule has 2 heterocycles. The number of hydrogen-bond donors (Lipinski definition) is 2. The first kappa shape index (κ1) is 12.3. The van der Waals surface area contributed by atoms with Crippen molar-refractivity contribution in [2.24, 2.45) is 5.41 Å². The van der Waals surface area contributed by atoms with Crippen LogP contribution in [0.2, 0.25) is 0 Å². The van der Waals surface area contributed by atoms with E-state index in [2.05, 4.69) is 17.6 Å². The molecule has 0 amide bonds. The molecule has 0 spiro atoms. The molecule has 0 aliphatic carbocycles. The minimum atomic E-state index is 0.474.